The Morgan fingerprint density at radius 1 is 0.880 bits per heavy atom. The second kappa shape index (κ2) is 6.30. The summed E-state index contributed by atoms with van der Waals surface area (Å²) < 4.78 is 14.9. The Kier molecular flexibility index (Phi) is 4.12. The molecule has 1 atom stereocenters. The van der Waals surface area contributed by atoms with Gasteiger partial charge in [0.25, 0.3) is 0 Å². The summed E-state index contributed by atoms with van der Waals surface area (Å²) in [7, 11) is 0. The molecule has 0 fully saturated rings. The molecule has 0 aliphatic carbocycles. The van der Waals surface area contributed by atoms with Gasteiger partial charge in [0.15, 0.2) is 15.2 Å². The van der Waals surface area contributed by atoms with Crippen LogP contribution in [0.3, 0.4) is 0 Å². The standard InChI is InChI=1S/C21H16O2S2/c1-13-7-8-14(2)20(11-13)25(23)15-9-10-19-17(12-15)21(22)16-5-3-4-6-18(16)24-19/h3-12H,1-2H3. The first-order valence-electron chi connectivity index (χ1n) is 7.99. The number of hydrogen-bond donors (Lipinski definition) is 0. The van der Waals surface area contributed by atoms with Crippen LogP contribution >= 0.6 is 11.3 Å². The predicted octanol–water partition coefficient (Wildman–Crippen LogP) is 5.20. The first-order valence-corrected chi connectivity index (χ1v) is 9.96. The second-order valence-electron chi connectivity index (χ2n) is 6.12. The van der Waals surface area contributed by atoms with Gasteiger partial charge in [-0.2, -0.15) is 0 Å². The van der Waals surface area contributed by atoms with E-state index >= 15 is 0 Å². The lowest BCUT2D eigenvalue weighted by atomic mass is 10.2. The minimum Gasteiger partial charge on any atom is -0.606 e. The highest BCUT2D eigenvalue weighted by atomic mass is 32.2. The van der Waals surface area contributed by atoms with E-state index in [1.165, 1.54) is 0 Å². The molecule has 25 heavy (non-hydrogen) atoms. The molecule has 4 rings (SSSR count). The van der Waals surface area contributed by atoms with E-state index in [0.717, 1.165) is 30.8 Å². The molecule has 0 saturated heterocycles. The molecule has 0 aliphatic rings. The molecule has 1 heterocycles. The smallest absolute Gasteiger partial charge is 0.196 e. The summed E-state index contributed by atoms with van der Waals surface area (Å²) in [5.41, 5.74) is 2.07. The summed E-state index contributed by atoms with van der Waals surface area (Å²) in [5.74, 6) is 0. The van der Waals surface area contributed by atoms with E-state index < -0.39 is 11.2 Å². The lowest BCUT2D eigenvalue weighted by Crippen LogP contribution is -2.07. The maximum atomic E-state index is 13.1. The minimum absolute atomic E-state index is 0.00386. The molecular weight excluding hydrogens is 348 g/mol. The van der Waals surface area contributed by atoms with Crippen LogP contribution in [0.1, 0.15) is 11.1 Å². The van der Waals surface area contributed by atoms with Gasteiger partial charge in [0, 0.05) is 43.0 Å². The third-order valence-corrected chi connectivity index (χ3v) is 6.98. The maximum Gasteiger partial charge on any atom is 0.196 e. The van der Waals surface area contributed by atoms with Crippen molar-refractivity contribution < 1.29 is 4.55 Å². The molecule has 0 radical (unpaired) electrons. The van der Waals surface area contributed by atoms with Gasteiger partial charge in [-0.05, 0) is 49.7 Å². The van der Waals surface area contributed by atoms with Gasteiger partial charge in [-0.15, -0.1) is 11.3 Å². The summed E-state index contributed by atoms with van der Waals surface area (Å²) in [4.78, 5) is 14.3. The molecule has 1 unspecified atom stereocenters. The van der Waals surface area contributed by atoms with Crippen LogP contribution in [-0.4, -0.2) is 4.55 Å². The van der Waals surface area contributed by atoms with Gasteiger partial charge in [0.1, 0.15) is 0 Å². The lowest BCUT2D eigenvalue weighted by Gasteiger charge is -2.13. The molecule has 4 heteroatoms. The third-order valence-electron chi connectivity index (χ3n) is 4.30. The Labute approximate surface area is 152 Å². The Morgan fingerprint density at radius 3 is 2.48 bits per heavy atom. The van der Waals surface area contributed by atoms with Gasteiger partial charge in [0.05, 0.1) is 0 Å². The molecular formula is C21H16O2S2. The quantitative estimate of drug-likeness (QED) is 0.362. The summed E-state index contributed by atoms with van der Waals surface area (Å²) in [6.07, 6.45) is 0. The largest absolute Gasteiger partial charge is 0.606 e. The molecule has 0 aliphatic heterocycles. The highest BCUT2D eigenvalue weighted by Crippen LogP contribution is 2.30. The molecule has 3 aromatic carbocycles. The fourth-order valence-corrected chi connectivity index (χ4v) is 5.31. The normalized spacial score (nSPS) is 12.6. The molecule has 4 aromatic rings. The number of benzene rings is 3. The predicted molar refractivity (Wildman–Crippen MR) is 106 cm³/mol. The average Bonchev–Trinajstić information content (AvgIpc) is 2.63. The summed E-state index contributed by atoms with van der Waals surface area (Å²) in [5, 5.41) is 1.36. The molecule has 0 bridgehead atoms. The molecule has 2 nitrogen and oxygen atoms in total. The summed E-state index contributed by atoms with van der Waals surface area (Å²) in [6.45, 7) is 3.95. The van der Waals surface area contributed by atoms with Crippen LogP contribution in [0.5, 0.6) is 0 Å². The van der Waals surface area contributed by atoms with Crippen LogP contribution in [0.2, 0.25) is 0 Å². The number of hydrogen-bond acceptors (Lipinski definition) is 3. The molecule has 0 amide bonds. The van der Waals surface area contributed by atoms with E-state index in [9.17, 15) is 9.35 Å². The van der Waals surface area contributed by atoms with E-state index in [2.05, 4.69) is 0 Å². The molecule has 0 N–H and O–H groups in total. The van der Waals surface area contributed by atoms with E-state index in [1.54, 1.807) is 17.4 Å². The monoisotopic (exact) mass is 364 g/mol. The van der Waals surface area contributed by atoms with Crippen molar-refractivity contribution in [1.29, 1.82) is 0 Å². The number of fused-ring (bicyclic) bond motifs is 2. The first-order chi connectivity index (χ1) is 12.0. The zero-order valence-electron chi connectivity index (χ0n) is 13.9. The van der Waals surface area contributed by atoms with Crippen molar-refractivity contribution in [2.75, 3.05) is 0 Å². The van der Waals surface area contributed by atoms with Gasteiger partial charge in [-0.25, -0.2) is 0 Å². The highest BCUT2D eigenvalue weighted by Gasteiger charge is 2.19. The van der Waals surface area contributed by atoms with Crippen LogP contribution in [0.4, 0.5) is 0 Å². The Bertz CT molecular complexity index is 1160. The van der Waals surface area contributed by atoms with Gasteiger partial charge in [-0.3, -0.25) is 4.79 Å². The third kappa shape index (κ3) is 2.86. The summed E-state index contributed by atoms with van der Waals surface area (Å²) in [6, 6.07) is 19.1. The SMILES string of the molecule is Cc1ccc(C)c([S+]([O-])c2ccc3sc4ccccc4c(=O)c3c2)c1. The lowest BCUT2D eigenvalue weighted by molar-refractivity contribution is 0.594. The van der Waals surface area contributed by atoms with Crippen LogP contribution in [0.15, 0.2) is 75.2 Å². The van der Waals surface area contributed by atoms with Crippen molar-refractivity contribution in [3.63, 3.8) is 0 Å². The summed E-state index contributed by atoms with van der Waals surface area (Å²) >= 11 is 0.287. The fourth-order valence-electron chi connectivity index (χ4n) is 2.93. The second-order valence-corrected chi connectivity index (χ2v) is 8.66. The van der Waals surface area contributed by atoms with E-state index in [-0.39, 0.29) is 5.43 Å². The Balaban J connectivity index is 1.91. The van der Waals surface area contributed by atoms with Crippen molar-refractivity contribution in [2.24, 2.45) is 0 Å². The van der Waals surface area contributed by atoms with Crippen molar-refractivity contribution in [1.82, 2.24) is 0 Å². The molecule has 1 aromatic heterocycles. The van der Waals surface area contributed by atoms with Gasteiger partial charge in [0.2, 0.25) is 0 Å². The first kappa shape index (κ1) is 16.3. The van der Waals surface area contributed by atoms with Crippen LogP contribution in [0, 0.1) is 13.8 Å². The zero-order chi connectivity index (χ0) is 17.6. The van der Waals surface area contributed by atoms with Crippen molar-refractivity contribution in [3.05, 3.63) is 82.0 Å². The number of aryl methyl sites for hydroxylation is 2. The average molecular weight is 364 g/mol. The Morgan fingerprint density at radius 2 is 1.64 bits per heavy atom. The van der Waals surface area contributed by atoms with Crippen molar-refractivity contribution >= 4 is 42.7 Å². The van der Waals surface area contributed by atoms with Gasteiger partial charge < -0.3 is 4.55 Å². The highest BCUT2D eigenvalue weighted by molar-refractivity contribution is 7.91. The fraction of sp³-hybridized carbons (Fsp3) is 0.0952. The van der Waals surface area contributed by atoms with Gasteiger partial charge in [-0.1, -0.05) is 24.3 Å². The van der Waals surface area contributed by atoms with Crippen LogP contribution in [0.25, 0.3) is 20.2 Å². The van der Waals surface area contributed by atoms with Crippen molar-refractivity contribution in [3.8, 4) is 0 Å². The maximum absolute atomic E-state index is 13.1. The van der Waals surface area contributed by atoms with Crippen LogP contribution < -0.4 is 5.43 Å². The minimum atomic E-state index is -1.30. The van der Waals surface area contributed by atoms with Crippen LogP contribution in [-0.2, 0) is 11.2 Å². The van der Waals surface area contributed by atoms with E-state index in [1.807, 2.05) is 68.4 Å². The molecule has 0 saturated carbocycles. The van der Waals surface area contributed by atoms with Gasteiger partial charge >= 0.3 is 0 Å². The van der Waals surface area contributed by atoms with Crippen molar-refractivity contribution in [2.45, 2.75) is 23.6 Å². The molecule has 0 spiro atoms. The topological polar surface area (TPSA) is 40.1 Å². The molecule has 124 valence electrons. The van der Waals surface area contributed by atoms with E-state index in [0.29, 0.717) is 10.3 Å². The Hall–Kier alpha value is -2.14. The van der Waals surface area contributed by atoms with E-state index in [4.69, 9.17) is 0 Å². The number of rotatable bonds is 2. The zero-order valence-corrected chi connectivity index (χ0v) is 15.5.